The van der Waals surface area contributed by atoms with Gasteiger partial charge in [0.1, 0.15) is 6.10 Å². The van der Waals surface area contributed by atoms with Gasteiger partial charge in [-0.05, 0) is 34.9 Å². The third-order valence-corrected chi connectivity index (χ3v) is 4.96. The van der Waals surface area contributed by atoms with Crippen LogP contribution in [0.5, 0.6) is 0 Å². The smallest absolute Gasteiger partial charge is 0.411 e. The van der Waals surface area contributed by atoms with Crippen molar-refractivity contribution in [2.45, 2.75) is 19.1 Å². The van der Waals surface area contributed by atoms with Crippen molar-refractivity contribution in [3.05, 3.63) is 89.4 Å². The van der Waals surface area contributed by atoms with E-state index in [1.54, 1.807) is 18.2 Å². The van der Waals surface area contributed by atoms with Crippen molar-refractivity contribution in [1.82, 2.24) is 5.32 Å². The number of carbonyl (C=O) groups excluding carboxylic acids is 2. The average Bonchev–Trinajstić information content (AvgIpc) is 2.76. The van der Waals surface area contributed by atoms with Gasteiger partial charge in [-0.1, -0.05) is 72.3 Å². The summed E-state index contributed by atoms with van der Waals surface area (Å²) in [6.07, 6.45) is -1.45. The normalized spacial score (nSPS) is 11.5. The number of rotatable bonds is 9. The number of nitrogens with one attached hydrogen (secondary N) is 2. The Bertz CT molecular complexity index is 1010. The van der Waals surface area contributed by atoms with Gasteiger partial charge in [-0.25, -0.2) is 4.79 Å². The minimum Gasteiger partial charge on any atom is -0.444 e. The molecule has 1 atom stereocenters. The molecule has 3 aromatic carbocycles. The van der Waals surface area contributed by atoms with Crippen molar-refractivity contribution in [3.63, 3.8) is 0 Å². The summed E-state index contributed by atoms with van der Waals surface area (Å²) in [6.45, 7) is 0.732. The van der Waals surface area contributed by atoms with Crippen LogP contribution in [0.3, 0.4) is 0 Å². The van der Waals surface area contributed by atoms with Gasteiger partial charge in [0.2, 0.25) is 5.91 Å². The molecule has 31 heavy (non-hydrogen) atoms. The van der Waals surface area contributed by atoms with Gasteiger partial charge in [-0.15, -0.1) is 0 Å². The number of halogens is 1. The molecule has 0 radical (unpaired) electrons. The molecule has 6 nitrogen and oxygen atoms in total. The third kappa shape index (κ3) is 7.13. The van der Waals surface area contributed by atoms with Crippen molar-refractivity contribution < 1.29 is 14.3 Å². The molecule has 0 bridgehead atoms. The number of anilines is 1. The summed E-state index contributed by atoms with van der Waals surface area (Å²) in [5, 5.41) is 6.46. The highest BCUT2D eigenvalue weighted by Gasteiger charge is 2.17. The minimum atomic E-state index is -0.705. The predicted octanol–water partition coefficient (Wildman–Crippen LogP) is 4.59. The van der Waals surface area contributed by atoms with Gasteiger partial charge in [0.15, 0.2) is 0 Å². The van der Waals surface area contributed by atoms with E-state index in [0.29, 0.717) is 17.3 Å². The summed E-state index contributed by atoms with van der Waals surface area (Å²) in [5.41, 5.74) is 8.92. The summed E-state index contributed by atoms with van der Waals surface area (Å²) in [4.78, 5) is 23.7. The largest absolute Gasteiger partial charge is 0.444 e. The molecular formula is C24H24ClN3O3. The summed E-state index contributed by atoms with van der Waals surface area (Å²) >= 11 is 6.14. The lowest BCUT2D eigenvalue weighted by atomic mass is 10.1. The van der Waals surface area contributed by atoms with Crippen LogP contribution in [-0.2, 0) is 16.1 Å². The SMILES string of the molecule is NC(=O)CC(CNCc1ccccc1Cl)OC(=O)Nc1ccc(-c2ccccc2)cc1. The Balaban J connectivity index is 1.53. The van der Waals surface area contributed by atoms with E-state index in [0.717, 1.165) is 16.7 Å². The molecule has 0 saturated heterocycles. The fourth-order valence-electron chi connectivity index (χ4n) is 3.06. The molecule has 0 spiro atoms. The number of amides is 2. The van der Waals surface area contributed by atoms with E-state index in [2.05, 4.69) is 10.6 Å². The Morgan fingerprint density at radius 3 is 2.23 bits per heavy atom. The highest BCUT2D eigenvalue weighted by atomic mass is 35.5. The number of ether oxygens (including phenoxy) is 1. The average molecular weight is 438 g/mol. The fraction of sp³-hybridized carbons (Fsp3) is 0.167. The van der Waals surface area contributed by atoms with Gasteiger partial charge in [-0.3, -0.25) is 10.1 Å². The van der Waals surface area contributed by atoms with Crippen LogP contribution in [0, 0.1) is 0 Å². The summed E-state index contributed by atoms with van der Waals surface area (Å²) in [5.74, 6) is -0.551. The van der Waals surface area contributed by atoms with Crippen molar-refractivity contribution in [2.75, 3.05) is 11.9 Å². The molecular weight excluding hydrogens is 414 g/mol. The minimum absolute atomic E-state index is 0.0874. The number of benzene rings is 3. The Hall–Kier alpha value is -3.35. The second kappa shape index (κ2) is 11.2. The van der Waals surface area contributed by atoms with E-state index in [4.69, 9.17) is 22.1 Å². The van der Waals surface area contributed by atoms with E-state index in [9.17, 15) is 9.59 Å². The summed E-state index contributed by atoms with van der Waals surface area (Å²) in [6, 6.07) is 24.8. The van der Waals surface area contributed by atoms with Crippen LogP contribution in [-0.4, -0.2) is 24.6 Å². The van der Waals surface area contributed by atoms with Gasteiger partial charge in [-0.2, -0.15) is 0 Å². The fourth-order valence-corrected chi connectivity index (χ4v) is 3.27. The number of hydrogen-bond acceptors (Lipinski definition) is 4. The highest BCUT2D eigenvalue weighted by molar-refractivity contribution is 6.31. The van der Waals surface area contributed by atoms with Crippen LogP contribution in [0.2, 0.25) is 5.02 Å². The number of hydrogen-bond donors (Lipinski definition) is 3. The first-order chi connectivity index (χ1) is 15.0. The van der Waals surface area contributed by atoms with Crippen LogP contribution in [0.4, 0.5) is 10.5 Å². The van der Waals surface area contributed by atoms with E-state index in [-0.39, 0.29) is 13.0 Å². The number of carbonyl (C=O) groups is 2. The molecule has 7 heteroatoms. The van der Waals surface area contributed by atoms with Crippen molar-refractivity contribution in [3.8, 4) is 11.1 Å². The standard InChI is InChI=1S/C24H24ClN3O3/c25-22-9-5-4-8-19(22)15-27-16-21(14-23(26)29)31-24(30)28-20-12-10-18(11-13-20)17-6-2-1-3-7-17/h1-13,21,27H,14-16H2,(H2,26,29)(H,28,30). The molecule has 0 aromatic heterocycles. The van der Waals surface area contributed by atoms with E-state index < -0.39 is 18.1 Å². The molecule has 0 heterocycles. The van der Waals surface area contributed by atoms with Crippen LogP contribution >= 0.6 is 11.6 Å². The first-order valence-corrected chi connectivity index (χ1v) is 10.2. The van der Waals surface area contributed by atoms with Gasteiger partial charge in [0.05, 0.1) is 6.42 Å². The number of nitrogens with two attached hydrogens (primary N) is 1. The van der Waals surface area contributed by atoms with E-state index >= 15 is 0 Å². The van der Waals surface area contributed by atoms with Crippen LogP contribution in [0.25, 0.3) is 11.1 Å². The van der Waals surface area contributed by atoms with Gasteiger partial charge < -0.3 is 15.8 Å². The maximum absolute atomic E-state index is 12.3. The zero-order valence-electron chi connectivity index (χ0n) is 16.9. The van der Waals surface area contributed by atoms with Crippen molar-refractivity contribution >= 4 is 29.3 Å². The molecule has 0 aliphatic carbocycles. The molecule has 0 fully saturated rings. The zero-order chi connectivity index (χ0) is 22.1. The van der Waals surface area contributed by atoms with Crippen molar-refractivity contribution in [2.24, 2.45) is 5.73 Å². The topological polar surface area (TPSA) is 93.5 Å². The molecule has 3 aromatic rings. The molecule has 160 valence electrons. The quantitative estimate of drug-likeness (QED) is 0.456. The summed E-state index contributed by atoms with van der Waals surface area (Å²) in [7, 11) is 0. The third-order valence-electron chi connectivity index (χ3n) is 4.59. The lowest BCUT2D eigenvalue weighted by molar-refractivity contribution is -0.119. The Labute approximate surface area is 186 Å². The van der Waals surface area contributed by atoms with Crippen LogP contribution < -0.4 is 16.4 Å². The lowest BCUT2D eigenvalue weighted by Crippen LogP contribution is -2.35. The Kier molecular flexibility index (Phi) is 8.04. The second-order valence-corrected chi connectivity index (χ2v) is 7.40. The molecule has 4 N–H and O–H groups in total. The lowest BCUT2D eigenvalue weighted by Gasteiger charge is -2.18. The van der Waals surface area contributed by atoms with Crippen LogP contribution in [0.1, 0.15) is 12.0 Å². The molecule has 3 rings (SSSR count). The second-order valence-electron chi connectivity index (χ2n) is 6.99. The predicted molar refractivity (Wildman–Crippen MR) is 123 cm³/mol. The molecule has 2 amide bonds. The van der Waals surface area contributed by atoms with E-state index in [1.807, 2.05) is 60.7 Å². The molecule has 1 unspecified atom stereocenters. The number of primary amides is 1. The Morgan fingerprint density at radius 1 is 0.903 bits per heavy atom. The molecule has 0 saturated carbocycles. The maximum atomic E-state index is 12.3. The summed E-state index contributed by atoms with van der Waals surface area (Å²) < 4.78 is 5.40. The monoisotopic (exact) mass is 437 g/mol. The van der Waals surface area contributed by atoms with Gasteiger partial charge in [0.25, 0.3) is 0 Å². The molecule has 0 aliphatic rings. The first kappa shape index (κ1) is 22.3. The van der Waals surface area contributed by atoms with Crippen molar-refractivity contribution in [1.29, 1.82) is 0 Å². The molecule has 0 aliphatic heterocycles. The highest BCUT2D eigenvalue weighted by Crippen LogP contribution is 2.21. The zero-order valence-corrected chi connectivity index (χ0v) is 17.6. The first-order valence-electron chi connectivity index (χ1n) is 9.87. The van der Waals surface area contributed by atoms with E-state index in [1.165, 1.54) is 0 Å². The maximum Gasteiger partial charge on any atom is 0.411 e. The van der Waals surface area contributed by atoms with Crippen LogP contribution in [0.15, 0.2) is 78.9 Å². The Morgan fingerprint density at radius 2 is 1.55 bits per heavy atom. The van der Waals surface area contributed by atoms with Gasteiger partial charge >= 0.3 is 6.09 Å². The van der Waals surface area contributed by atoms with Gasteiger partial charge in [0, 0.05) is 23.8 Å².